The molecule has 0 bridgehead atoms. The second-order valence-electron chi connectivity index (χ2n) is 4.17. The molecule has 0 aliphatic carbocycles. The maximum Gasteiger partial charge on any atom is 0.218 e. The standard InChI is InChI=1S/C12H22N4O2/c1-16(2)6-4-5-13-11-9-12(15-10-14-11)18-8-7-17-3/h9-10H,4-8H2,1-3H3,(H,13,14,15). The number of nitrogens with zero attached hydrogens (tertiary/aromatic N) is 3. The Kier molecular flexibility index (Phi) is 7.05. The normalized spacial score (nSPS) is 10.7. The average Bonchev–Trinajstić information content (AvgIpc) is 2.35. The fourth-order valence-corrected chi connectivity index (χ4v) is 1.36. The summed E-state index contributed by atoms with van der Waals surface area (Å²) in [6, 6.07) is 1.80. The van der Waals surface area contributed by atoms with Gasteiger partial charge < -0.3 is 19.7 Å². The van der Waals surface area contributed by atoms with Crippen molar-refractivity contribution in [1.82, 2.24) is 14.9 Å². The van der Waals surface area contributed by atoms with Gasteiger partial charge in [0.25, 0.3) is 0 Å². The van der Waals surface area contributed by atoms with Gasteiger partial charge in [0.1, 0.15) is 18.8 Å². The molecule has 0 aliphatic heterocycles. The van der Waals surface area contributed by atoms with Crippen LogP contribution in [0.25, 0.3) is 0 Å². The molecule has 0 amide bonds. The van der Waals surface area contributed by atoms with Gasteiger partial charge in [-0.2, -0.15) is 0 Å². The maximum absolute atomic E-state index is 5.41. The van der Waals surface area contributed by atoms with E-state index in [-0.39, 0.29) is 0 Å². The zero-order chi connectivity index (χ0) is 13.2. The fraction of sp³-hybridized carbons (Fsp3) is 0.667. The molecular formula is C12H22N4O2. The van der Waals surface area contributed by atoms with Gasteiger partial charge in [-0.05, 0) is 27.1 Å². The molecule has 1 N–H and O–H groups in total. The summed E-state index contributed by atoms with van der Waals surface area (Å²) in [4.78, 5) is 10.3. The molecule has 102 valence electrons. The van der Waals surface area contributed by atoms with Gasteiger partial charge in [-0.1, -0.05) is 0 Å². The molecule has 0 aromatic carbocycles. The zero-order valence-electron chi connectivity index (χ0n) is 11.3. The monoisotopic (exact) mass is 254 g/mol. The minimum absolute atomic E-state index is 0.494. The van der Waals surface area contributed by atoms with E-state index in [2.05, 4.69) is 34.3 Å². The number of anilines is 1. The largest absolute Gasteiger partial charge is 0.475 e. The van der Waals surface area contributed by atoms with Crippen LogP contribution in [-0.4, -0.2) is 62.4 Å². The summed E-state index contributed by atoms with van der Waals surface area (Å²) in [6.45, 7) is 2.98. The van der Waals surface area contributed by atoms with E-state index in [9.17, 15) is 0 Å². The Labute approximate surface area is 108 Å². The summed E-state index contributed by atoms with van der Waals surface area (Å²) in [7, 11) is 5.76. The lowest BCUT2D eigenvalue weighted by Gasteiger charge is -2.10. The predicted molar refractivity (Wildman–Crippen MR) is 71.1 cm³/mol. The van der Waals surface area contributed by atoms with E-state index >= 15 is 0 Å². The molecule has 0 saturated heterocycles. The summed E-state index contributed by atoms with van der Waals surface area (Å²) in [5, 5.41) is 3.24. The van der Waals surface area contributed by atoms with Gasteiger partial charge in [0.15, 0.2) is 0 Å². The van der Waals surface area contributed by atoms with Crippen LogP contribution in [0, 0.1) is 0 Å². The van der Waals surface area contributed by atoms with Crippen molar-refractivity contribution in [3.05, 3.63) is 12.4 Å². The third kappa shape index (κ3) is 6.36. The van der Waals surface area contributed by atoms with Crippen LogP contribution in [0.4, 0.5) is 5.82 Å². The van der Waals surface area contributed by atoms with Crippen molar-refractivity contribution in [2.75, 3.05) is 52.8 Å². The third-order valence-corrected chi connectivity index (χ3v) is 2.27. The molecule has 1 aromatic rings. The quantitative estimate of drug-likeness (QED) is 0.660. The first-order valence-corrected chi connectivity index (χ1v) is 6.04. The molecule has 1 heterocycles. The molecular weight excluding hydrogens is 232 g/mol. The highest BCUT2D eigenvalue weighted by molar-refractivity contribution is 5.36. The molecule has 0 saturated carbocycles. The van der Waals surface area contributed by atoms with E-state index in [1.807, 2.05) is 0 Å². The Morgan fingerprint density at radius 1 is 1.28 bits per heavy atom. The van der Waals surface area contributed by atoms with Gasteiger partial charge in [0.05, 0.1) is 6.61 Å². The van der Waals surface area contributed by atoms with Crippen LogP contribution in [0.5, 0.6) is 5.88 Å². The first-order valence-electron chi connectivity index (χ1n) is 6.04. The van der Waals surface area contributed by atoms with Gasteiger partial charge >= 0.3 is 0 Å². The molecule has 6 nitrogen and oxygen atoms in total. The first-order chi connectivity index (χ1) is 8.72. The lowest BCUT2D eigenvalue weighted by molar-refractivity contribution is 0.143. The second kappa shape index (κ2) is 8.66. The second-order valence-corrected chi connectivity index (χ2v) is 4.17. The molecule has 6 heteroatoms. The minimum atomic E-state index is 0.494. The highest BCUT2D eigenvalue weighted by atomic mass is 16.5. The van der Waals surface area contributed by atoms with Crippen LogP contribution in [-0.2, 0) is 4.74 Å². The van der Waals surface area contributed by atoms with Crippen LogP contribution < -0.4 is 10.1 Å². The Morgan fingerprint density at radius 3 is 2.83 bits per heavy atom. The van der Waals surface area contributed by atoms with Crippen LogP contribution in [0.2, 0.25) is 0 Å². The number of methoxy groups -OCH3 is 1. The topological polar surface area (TPSA) is 59.5 Å². The van der Waals surface area contributed by atoms with E-state index < -0.39 is 0 Å². The molecule has 0 unspecified atom stereocenters. The van der Waals surface area contributed by atoms with E-state index in [1.54, 1.807) is 13.2 Å². The highest BCUT2D eigenvalue weighted by Crippen LogP contribution is 2.10. The number of aromatic nitrogens is 2. The lowest BCUT2D eigenvalue weighted by Crippen LogP contribution is -2.16. The summed E-state index contributed by atoms with van der Waals surface area (Å²) >= 11 is 0. The Hall–Kier alpha value is -1.40. The van der Waals surface area contributed by atoms with Gasteiger partial charge in [0, 0.05) is 19.7 Å². The SMILES string of the molecule is COCCOc1cc(NCCCN(C)C)ncn1. The van der Waals surface area contributed by atoms with Crippen molar-refractivity contribution in [1.29, 1.82) is 0 Å². The zero-order valence-corrected chi connectivity index (χ0v) is 11.3. The number of hydrogen-bond donors (Lipinski definition) is 1. The number of rotatable bonds is 9. The van der Waals surface area contributed by atoms with E-state index in [0.29, 0.717) is 19.1 Å². The third-order valence-electron chi connectivity index (χ3n) is 2.27. The number of ether oxygens (including phenoxy) is 2. The van der Waals surface area contributed by atoms with Gasteiger partial charge in [-0.25, -0.2) is 9.97 Å². The first kappa shape index (κ1) is 14.7. The van der Waals surface area contributed by atoms with Crippen LogP contribution in [0.3, 0.4) is 0 Å². The summed E-state index contributed by atoms with van der Waals surface area (Å²) < 4.78 is 10.3. The average molecular weight is 254 g/mol. The molecule has 0 aliphatic rings. The molecule has 1 rings (SSSR count). The van der Waals surface area contributed by atoms with E-state index in [4.69, 9.17) is 9.47 Å². The van der Waals surface area contributed by atoms with Crippen LogP contribution >= 0.6 is 0 Å². The molecule has 0 atom stereocenters. The number of hydrogen-bond acceptors (Lipinski definition) is 6. The Morgan fingerprint density at radius 2 is 2.11 bits per heavy atom. The van der Waals surface area contributed by atoms with Gasteiger partial charge in [0.2, 0.25) is 5.88 Å². The van der Waals surface area contributed by atoms with Crippen molar-refractivity contribution in [3.63, 3.8) is 0 Å². The van der Waals surface area contributed by atoms with Crippen LogP contribution in [0.15, 0.2) is 12.4 Å². The van der Waals surface area contributed by atoms with Gasteiger partial charge in [-0.3, -0.25) is 0 Å². The minimum Gasteiger partial charge on any atom is -0.475 e. The Balaban J connectivity index is 2.30. The smallest absolute Gasteiger partial charge is 0.218 e. The van der Waals surface area contributed by atoms with Gasteiger partial charge in [-0.15, -0.1) is 0 Å². The highest BCUT2D eigenvalue weighted by Gasteiger charge is 1.99. The summed E-state index contributed by atoms with van der Waals surface area (Å²) in [5.74, 6) is 1.35. The molecule has 1 aromatic heterocycles. The number of nitrogens with one attached hydrogen (secondary N) is 1. The summed E-state index contributed by atoms with van der Waals surface area (Å²) in [6.07, 6.45) is 2.56. The van der Waals surface area contributed by atoms with Crippen molar-refractivity contribution in [3.8, 4) is 5.88 Å². The van der Waals surface area contributed by atoms with Crippen molar-refractivity contribution >= 4 is 5.82 Å². The van der Waals surface area contributed by atoms with Crippen LogP contribution in [0.1, 0.15) is 6.42 Å². The summed E-state index contributed by atoms with van der Waals surface area (Å²) in [5.41, 5.74) is 0. The van der Waals surface area contributed by atoms with Crippen molar-refractivity contribution in [2.24, 2.45) is 0 Å². The molecule has 18 heavy (non-hydrogen) atoms. The molecule has 0 fully saturated rings. The fourth-order valence-electron chi connectivity index (χ4n) is 1.36. The Bertz CT molecular complexity index is 334. The lowest BCUT2D eigenvalue weighted by atomic mass is 10.4. The van der Waals surface area contributed by atoms with E-state index in [0.717, 1.165) is 25.3 Å². The maximum atomic E-state index is 5.41. The predicted octanol–water partition coefficient (Wildman–Crippen LogP) is 0.865. The van der Waals surface area contributed by atoms with Crippen molar-refractivity contribution < 1.29 is 9.47 Å². The van der Waals surface area contributed by atoms with Crippen molar-refractivity contribution in [2.45, 2.75) is 6.42 Å². The molecule has 0 spiro atoms. The molecule has 0 radical (unpaired) electrons. The van der Waals surface area contributed by atoms with E-state index in [1.165, 1.54) is 6.33 Å².